The van der Waals surface area contributed by atoms with Crippen LogP contribution in [-0.2, 0) is 47.5 Å². The number of fused-ring (bicyclic) bond motifs is 3. The van der Waals surface area contributed by atoms with Gasteiger partial charge in [-0.2, -0.15) is 0 Å². The highest BCUT2D eigenvalue weighted by molar-refractivity contribution is 5.79. The van der Waals surface area contributed by atoms with Crippen LogP contribution >= 0.6 is 0 Å². The fourth-order valence-corrected chi connectivity index (χ4v) is 4.91. The average molecular weight is 676 g/mol. The molecule has 0 aliphatic heterocycles. The second-order valence-electron chi connectivity index (χ2n) is 10.7. The van der Waals surface area contributed by atoms with Crippen LogP contribution in [0.15, 0.2) is 48.5 Å². The number of nitrogens with one attached hydrogen (secondary N) is 1. The van der Waals surface area contributed by atoms with E-state index in [1.54, 1.807) is 0 Å². The Hall–Kier alpha value is -3.59. The first-order valence-corrected chi connectivity index (χ1v) is 16.5. The van der Waals surface area contributed by atoms with Gasteiger partial charge in [0.25, 0.3) is 0 Å². The lowest BCUT2D eigenvalue weighted by Crippen LogP contribution is -2.29. The number of ether oxygens (including phenoxy) is 8. The van der Waals surface area contributed by atoms with Gasteiger partial charge in [0, 0.05) is 25.3 Å². The summed E-state index contributed by atoms with van der Waals surface area (Å²) < 4.78 is 43.2. The van der Waals surface area contributed by atoms with Crippen LogP contribution in [0.3, 0.4) is 0 Å². The molecule has 0 radical (unpaired) electrons. The zero-order chi connectivity index (χ0) is 34.1. The summed E-state index contributed by atoms with van der Waals surface area (Å²) in [6.45, 7) is 5.67. The number of esters is 1. The van der Waals surface area contributed by atoms with Crippen LogP contribution in [0.25, 0.3) is 11.1 Å². The molecule has 48 heavy (non-hydrogen) atoms. The minimum absolute atomic E-state index is 0.0290. The van der Waals surface area contributed by atoms with Gasteiger partial charge in [-0.15, -0.1) is 0 Å². The summed E-state index contributed by atoms with van der Waals surface area (Å²) in [5, 5.41) is 11.3. The van der Waals surface area contributed by atoms with Crippen LogP contribution in [0.2, 0.25) is 0 Å². The minimum Gasteiger partial charge on any atom is -0.481 e. The fraction of sp³-hybridized carbons (Fsp3) is 0.571. The SMILES string of the molecule is O=C(O)CCCCC(=O)OCCOCCOCCOCCOCCOCCOCCNC(=O)OCC1c2ccccc2-c2ccccc21. The maximum Gasteiger partial charge on any atom is 0.407 e. The monoisotopic (exact) mass is 675 g/mol. The third kappa shape index (κ3) is 16.0. The third-order valence-electron chi connectivity index (χ3n) is 7.23. The van der Waals surface area contributed by atoms with Crippen LogP contribution in [-0.4, -0.2) is 122 Å². The van der Waals surface area contributed by atoms with E-state index in [9.17, 15) is 14.4 Å². The van der Waals surface area contributed by atoms with Crippen molar-refractivity contribution in [2.75, 3.05) is 99.0 Å². The van der Waals surface area contributed by atoms with Gasteiger partial charge in [-0.1, -0.05) is 48.5 Å². The van der Waals surface area contributed by atoms with Crippen molar-refractivity contribution in [2.45, 2.75) is 31.6 Å². The van der Waals surface area contributed by atoms with Crippen molar-refractivity contribution >= 4 is 18.0 Å². The van der Waals surface area contributed by atoms with E-state index in [2.05, 4.69) is 29.6 Å². The molecule has 0 fully saturated rings. The number of hydrogen-bond donors (Lipinski definition) is 2. The normalized spacial score (nSPS) is 12.0. The molecule has 0 atom stereocenters. The molecule has 2 aromatic carbocycles. The van der Waals surface area contributed by atoms with E-state index < -0.39 is 12.1 Å². The van der Waals surface area contributed by atoms with Crippen LogP contribution in [0, 0.1) is 0 Å². The summed E-state index contributed by atoms with van der Waals surface area (Å²) in [6.07, 6.45) is 0.754. The van der Waals surface area contributed by atoms with E-state index in [0.29, 0.717) is 92.1 Å². The molecule has 2 N–H and O–H groups in total. The quantitative estimate of drug-likeness (QED) is 0.0995. The summed E-state index contributed by atoms with van der Waals surface area (Å²) in [7, 11) is 0. The predicted octanol–water partition coefficient (Wildman–Crippen LogP) is 3.81. The van der Waals surface area contributed by atoms with Crippen LogP contribution in [0.5, 0.6) is 0 Å². The Morgan fingerprint density at radius 2 is 1.00 bits per heavy atom. The number of aliphatic carboxylic acids is 1. The first-order chi connectivity index (χ1) is 23.6. The summed E-state index contributed by atoms with van der Waals surface area (Å²) in [6, 6.07) is 16.5. The van der Waals surface area contributed by atoms with Crippen molar-refractivity contribution < 1.29 is 57.4 Å². The molecule has 0 bridgehead atoms. The van der Waals surface area contributed by atoms with E-state index >= 15 is 0 Å². The smallest absolute Gasteiger partial charge is 0.407 e. The van der Waals surface area contributed by atoms with Crippen molar-refractivity contribution in [1.82, 2.24) is 5.32 Å². The van der Waals surface area contributed by atoms with E-state index in [0.717, 1.165) is 0 Å². The molecule has 0 aromatic heterocycles. The van der Waals surface area contributed by atoms with Crippen molar-refractivity contribution in [2.24, 2.45) is 0 Å². The Morgan fingerprint density at radius 1 is 0.562 bits per heavy atom. The average Bonchev–Trinajstić information content (AvgIpc) is 3.41. The van der Waals surface area contributed by atoms with Crippen molar-refractivity contribution in [3.05, 3.63) is 59.7 Å². The molecule has 266 valence electrons. The molecule has 0 spiro atoms. The number of carbonyl (C=O) groups excluding carboxylic acids is 2. The molecule has 13 heteroatoms. The van der Waals surface area contributed by atoms with Crippen LogP contribution in [0.4, 0.5) is 4.79 Å². The first-order valence-electron chi connectivity index (χ1n) is 16.5. The van der Waals surface area contributed by atoms with Gasteiger partial charge in [0.1, 0.15) is 13.2 Å². The number of benzene rings is 2. The van der Waals surface area contributed by atoms with Crippen molar-refractivity contribution in [3.8, 4) is 11.1 Å². The number of amides is 1. The van der Waals surface area contributed by atoms with Gasteiger partial charge < -0.3 is 48.3 Å². The molecule has 3 rings (SSSR count). The standard InChI is InChI=1S/C35H49NO12/c37-33(38)11-5-6-12-34(39)47-26-25-46-24-23-45-22-21-44-20-19-43-18-17-42-16-15-41-14-13-36-35(40)48-27-32-30-9-3-1-7-28(30)29-8-2-4-10-31(29)32/h1-4,7-10,32H,5-6,11-27H2,(H,36,40)(H,37,38). The molecule has 0 saturated heterocycles. The third-order valence-corrected chi connectivity index (χ3v) is 7.23. The highest BCUT2D eigenvalue weighted by atomic mass is 16.6. The fourth-order valence-electron chi connectivity index (χ4n) is 4.91. The number of hydrogen-bond acceptors (Lipinski definition) is 11. The maximum absolute atomic E-state index is 12.2. The van der Waals surface area contributed by atoms with E-state index in [-0.39, 0.29) is 44.5 Å². The lowest BCUT2D eigenvalue weighted by atomic mass is 9.98. The molecular formula is C35H49NO12. The predicted molar refractivity (Wildman–Crippen MR) is 175 cm³/mol. The van der Waals surface area contributed by atoms with Gasteiger partial charge in [0.15, 0.2) is 0 Å². The Morgan fingerprint density at radius 3 is 1.50 bits per heavy atom. The molecule has 0 saturated carbocycles. The number of unbranched alkanes of at least 4 members (excludes halogenated alkanes) is 1. The topological polar surface area (TPSA) is 157 Å². The van der Waals surface area contributed by atoms with Crippen molar-refractivity contribution in [3.63, 3.8) is 0 Å². The number of carbonyl (C=O) groups is 3. The van der Waals surface area contributed by atoms with E-state index in [1.807, 2.05) is 24.3 Å². The second-order valence-corrected chi connectivity index (χ2v) is 10.7. The lowest BCUT2D eigenvalue weighted by Gasteiger charge is -2.14. The molecule has 13 nitrogen and oxygen atoms in total. The van der Waals surface area contributed by atoms with Gasteiger partial charge in [-0.3, -0.25) is 9.59 Å². The molecule has 1 aliphatic carbocycles. The number of rotatable bonds is 28. The van der Waals surface area contributed by atoms with E-state index in [1.165, 1.54) is 22.3 Å². The van der Waals surface area contributed by atoms with Gasteiger partial charge in [0.2, 0.25) is 0 Å². The Kier molecular flexibility index (Phi) is 19.9. The van der Waals surface area contributed by atoms with Gasteiger partial charge in [-0.25, -0.2) is 4.79 Å². The summed E-state index contributed by atoms with van der Waals surface area (Å²) >= 11 is 0. The molecule has 1 amide bonds. The van der Waals surface area contributed by atoms with E-state index in [4.69, 9.17) is 43.0 Å². The zero-order valence-corrected chi connectivity index (χ0v) is 27.6. The molecular weight excluding hydrogens is 626 g/mol. The number of carboxylic acids is 1. The Labute approximate surface area is 282 Å². The molecule has 1 aliphatic rings. The molecule has 0 heterocycles. The lowest BCUT2D eigenvalue weighted by molar-refractivity contribution is -0.146. The summed E-state index contributed by atoms with van der Waals surface area (Å²) in [5.74, 6) is -1.19. The highest BCUT2D eigenvalue weighted by Crippen LogP contribution is 2.44. The largest absolute Gasteiger partial charge is 0.481 e. The first kappa shape index (κ1) is 38.9. The molecule has 2 aromatic rings. The summed E-state index contributed by atoms with van der Waals surface area (Å²) in [4.78, 5) is 34.1. The van der Waals surface area contributed by atoms with Crippen LogP contribution in [0.1, 0.15) is 42.7 Å². The Bertz CT molecular complexity index is 1160. The molecule has 0 unspecified atom stereocenters. The number of alkyl carbamates (subject to hydrolysis) is 1. The highest BCUT2D eigenvalue weighted by Gasteiger charge is 2.28. The van der Waals surface area contributed by atoms with Gasteiger partial charge >= 0.3 is 18.0 Å². The van der Waals surface area contributed by atoms with Crippen LogP contribution < -0.4 is 5.32 Å². The summed E-state index contributed by atoms with van der Waals surface area (Å²) in [5.41, 5.74) is 4.74. The number of carboxylic acid groups (broad SMARTS) is 1. The van der Waals surface area contributed by atoms with Crippen molar-refractivity contribution in [1.29, 1.82) is 0 Å². The van der Waals surface area contributed by atoms with Gasteiger partial charge in [-0.05, 0) is 35.1 Å². The minimum atomic E-state index is -0.866. The van der Waals surface area contributed by atoms with Gasteiger partial charge in [0.05, 0.1) is 79.3 Å². The Balaban J connectivity index is 1.01. The maximum atomic E-state index is 12.2. The zero-order valence-electron chi connectivity index (χ0n) is 27.6. The second kappa shape index (κ2) is 24.5.